The molecule has 0 saturated heterocycles. The summed E-state index contributed by atoms with van der Waals surface area (Å²) in [5.41, 5.74) is 1.85. The maximum absolute atomic E-state index is 12.1. The summed E-state index contributed by atoms with van der Waals surface area (Å²) in [4.78, 5) is 0. The molecule has 2 nitrogen and oxygen atoms in total. The van der Waals surface area contributed by atoms with Crippen LogP contribution >= 0.6 is 0 Å². The van der Waals surface area contributed by atoms with E-state index in [0.29, 0.717) is 0 Å². The zero-order valence-electron chi connectivity index (χ0n) is 7.79. The Morgan fingerprint density at radius 2 is 2.29 bits per heavy atom. The summed E-state index contributed by atoms with van der Waals surface area (Å²) in [6, 6.07) is 0. The fourth-order valence-corrected chi connectivity index (χ4v) is 1.99. The fraction of sp³-hybridized carbons (Fsp3) is 0.600. The standard InChI is InChI=1S/C10H13F2NO/c11-10(12)6-13-4-7-2-1-3-9(14)8(7)5-13/h4-5,9-10,14H,1-3,6H2. The highest BCUT2D eigenvalue weighted by Gasteiger charge is 2.20. The smallest absolute Gasteiger partial charge is 0.256 e. The average molecular weight is 201 g/mol. The van der Waals surface area contributed by atoms with Crippen LogP contribution in [-0.2, 0) is 13.0 Å². The second kappa shape index (κ2) is 3.69. The van der Waals surface area contributed by atoms with Gasteiger partial charge in [-0.05, 0) is 24.8 Å². The number of aryl methyl sites for hydroxylation is 1. The van der Waals surface area contributed by atoms with Crippen molar-refractivity contribution in [1.82, 2.24) is 4.57 Å². The first-order valence-electron chi connectivity index (χ1n) is 4.81. The molecule has 0 aromatic carbocycles. The van der Waals surface area contributed by atoms with Crippen LogP contribution in [-0.4, -0.2) is 16.1 Å². The molecule has 1 N–H and O–H groups in total. The Morgan fingerprint density at radius 1 is 1.50 bits per heavy atom. The van der Waals surface area contributed by atoms with E-state index >= 15 is 0 Å². The first kappa shape index (κ1) is 9.65. The molecular formula is C10H13F2NO. The predicted octanol–water partition coefficient (Wildman–Crippen LogP) is 2.12. The summed E-state index contributed by atoms with van der Waals surface area (Å²) in [7, 11) is 0. The van der Waals surface area contributed by atoms with Crippen molar-refractivity contribution in [2.75, 3.05) is 0 Å². The van der Waals surface area contributed by atoms with Crippen molar-refractivity contribution < 1.29 is 13.9 Å². The quantitative estimate of drug-likeness (QED) is 0.779. The molecule has 0 spiro atoms. The van der Waals surface area contributed by atoms with Crippen LogP contribution in [0.1, 0.15) is 30.1 Å². The van der Waals surface area contributed by atoms with Crippen LogP contribution in [0.4, 0.5) is 8.78 Å². The van der Waals surface area contributed by atoms with Gasteiger partial charge in [0.05, 0.1) is 12.6 Å². The summed E-state index contributed by atoms with van der Waals surface area (Å²) in [5.74, 6) is 0. The molecule has 1 aromatic rings. The molecule has 0 saturated carbocycles. The van der Waals surface area contributed by atoms with Crippen LogP contribution in [0.2, 0.25) is 0 Å². The first-order chi connectivity index (χ1) is 6.66. The molecule has 14 heavy (non-hydrogen) atoms. The van der Waals surface area contributed by atoms with Crippen molar-refractivity contribution in [3.05, 3.63) is 23.5 Å². The molecule has 0 bridgehead atoms. The summed E-state index contributed by atoms with van der Waals surface area (Å²) in [6.45, 7) is -0.278. The highest BCUT2D eigenvalue weighted by molar-refractivity contribution is 5.28. The molecule has 1 aliphatic rings. The van der Waals surface area contributed by atoms with E-state index in [1.807, 2.05) is 0 Å². The minimum absolute atomic E-state index is 0.278. The molecule has 1 aromatic heterocycles. The molecule has 1 aliphatic carbocycles. The number of nitrogens with zero attached hydrogens (tertiary/aromatic N) is 1. The van der Waals surface area contributed by atoms with Crippen molar-refractivity contribution in [3.8, 4) is 0 Å². The van der Waals surface area contributed by atoms with E-state index in [-0.39, 0.29) is 6.54 Å². The van der Waals surface area contributed by atoms with Crippen LogP contribution in [0, 0.1) is 0 Å². The maximum atomic E-state index is 12.1. The summed E-state index contributed by atoms with van der Waals surface area (Å²) < 4.78 is 25.7. The Labute approximate surface area is 81.2 Å². The van der Waals surface area contributed by atoms with E-state index in [0.717, 1.165) is 30.4 Å². The van der Waals surface area contributed by atoms with Gasteiger partial charge >= 0.3 is 0 Å². The summed E-state index contributed by atoms with van der Waals surface area (Å²) in [6.07, 6.45) is 3.15. The lowest BCUT2D eigenvalue weighted by Gasteiger charge is -2.16. The van der Waals surface area contributed by atoms with Crippen molar-refractivity contribution in [3.63, 3.8) is 0 Å². The van der Waals surface area contributed by atoms with Gasteiger partial charge in [0.1, 0.15) is 0 Å². The second-order valence-electron chi connectivity index (χ2n) is 3.73. The van der Waals surface area contributed by atoms with E-state index in [9.17, 15) is 13.9 Å². The van der Waals surface area contributed by atoms with E-state index in [1.54, 1.807) is 12.4 Å². The van der Waals surface area contributed by atoms with Gasteiger partial charge in [-0.3, -0.25) is 0 Å². The van der Waals surface area contributed by atoms with E-state index in [2.05, 4.69) is 0 Å². The Morgan fingerprint density at radius 3 is 2.93 bits per heavy atom. The van der Waals surface area contributed by atoms with Gasteiger partial charge in [0.2, 0.25) is 0 Å². The zero-order valence-corrected chi connectivity index (χ0v) is 7.79. The Balaban J connectivity index is 2.21. The minimum atomic E-state index is -2.33. The van der Waals surface area contributed by atoms with E-state index in [4.69, 9.17) is 0 Å². The van der Waals surface area contributed by atoms with Gasteiger partial charge in [-0.25, -0.2) is 8.78 Å². The highest BCUT2D eigenvalue weighted by atomic mass is 19.3. The monoisotopic (exact) mass is 201 g/mol. The molecule has 0 radical (unpaired) electrons. The lowest BCUT2D eigenvalue weighted by atomic mass is 9.93. The lowest BCUT2D eigenvalue weighted by Crippen LogP contribution is -2.06. The molecule has 0 aliphatic heterocycles. The van der Waals surface area contributed by atoms with Crippen molar-refractivity contribution in [1.29, 1.82) is 0 Å². The van der Waals surface area contributed by atoms with Gasteiger partial charge in [0.15, 0.2) is 0 Å². The zero-order chi connectivity index (χ0) is 10.1. The normalized spacial score (nSPS) is 21.3. The maximum Gasteiger partial charge on any atom is 0.256 e. The average Bonchev–Trinajstić information content (AvgIpc) is 2.47. The largest absolute Gasteiger partial charge is 0.388 e. The summed E-state index contributed by atoms with van der Waals surface area (Å²) in [5, 5.41) is 9.61. The second-order valence-corrected chi connectivity index (χ2v) is 3.73. The number of aliphatic hydroxyl groups excluding tert-OH is 1. The SMILES string of the molecule is OC1CCCc2cn(CC(F)F)cc21. The molecule has 1 unspecified atom stereocenters. The third kappa shape index (κ3) is 1.80. The summed E-state index contributed by atoms with van der Waals surface area (Å²) >= 11 is 0. The van der Waals surface area contributed by atoms with Crippen LogP contribution in [0.25, 0.3) is 0 Å². The number of aliphatic hydroxyl groups is 1. The Kier molecular flexibility index (Phi) is 2.54. The van der Waals surface area contributed by atoms with Gasteiger partial charge in [-0.15, -0.1) is 0 Å². The fourth-order valence-electron chi connectivity index (χ4n) is 1.99. The van der Waals surface area contributed by atoms with Crippen LogP contribution < -0.4 is 0 Å². The minimum Gasteiger partial charge on any atom is -0.388 e. The van der Waals surface area contributed by atoms with Crippen molar-refractivity contribution in [2.45, 2.75) is 38.3 Å². The molecular weight excluding hydrogens is 188 g/mol. The van der Waals surface area contributed by atoms with Crippen molar-refractivity contribution >= 4 is 0 Å². The number of fused-ring (bicyclic) bond motifs is 1. The number of hydrogen-bond donors (Lipinski definition) is 1. The number of aromatic nitrogens is 1. The first-order valence-corrected chi connectivity index (χ1v) is 4.81. The molecule has 1 atom stereocenters. The number of alkyl halides is 2. The third-order valence-electron chi connectivity index (χ3n) is 2.63. The van der Waals surface area contributed by atoms with Crippen LogP contribution in [0.5, 0.6) is 0 Å². The topological polar surface area (TPSA) is 25.2 Å². The van der Waals surface area contributed by atoms with E-state index in [1.165, 1.54) is 4.57 Å². The number of rotatable bonds is 2. The molecule has 1 heterocycles. The highest BCUT2D eigenvalue weighted by Crippen LogP contribution is 2.30. The third-order valence-corrected chi connectivity index (χ3v) is 2.63. The van der Waals surface area contributed by atoms with Gasteiger partial charge in [0.25, 0.3) is 6.43 Å². The van der Waals surface area contributed by atoms with Gasteiger partial charge < -0.3 is 9.67 Å². The predicted molar refractivity (Wildman–Crippen MR) is 48.3 cm³/mol. The Hall–Kier alpha value is -0.900. The van der Waals surface area contributed by atoms with Crippen molar-refractivity contribution in [2.24, 2.45) is 0 Å². The number of halogens is 2. The molecule has 0 amide bonds. The molecule has 78 valence electrons. The van der Waals surface area contributed by atoms with Crippen LogP contribution in [0.15, 0.2) is 12.4 Å². The molecule has 2 rings (SSSR count). The van der Waals surface area contributed by atoms with Gasteiger partial charge in [-0.1, -0.05) is 0 Å². The van der Waals surface area contributed by atoms with Gasteiger partial charge in [-0.2, -0.15) is 0 Å². The molecule has 0 fully saturated rings. The molecule has 4 heteroatoms. The Bertz CT molecular complexity index is 322. The van der Waals surface area contributed by atoms with E-state index < -0.39 is 12.5 Å². The number of hydrogen-bond acceptors (Lipinski definition) is 1. The van der Waals surface area contributed by atoms with Crippen LogP contribution in [0.3, 0.4) is 0 Å². The van der Waals surface area contributed by atoms with Gasteiger partial charge in [0, 0.05) is 18.0 Å². The lowest BCUT2D eigenvalue weighted by molar-refractivity contribution is 0.126.